The van der Waals surface area contributed by atoms with Gasteiger partial charge in [0.25, 0.3) is 0 Å². The molecule has 0 bridgehead atoms. The monoisotopic (exact) mass is 445 g/mol. The molecule has 0 aromatic carbocycles. The van der Waals surface area contributed by atoms with Gasteiger partial charge in [0.2, 0.25) is 0 Å². The molecule has 2 aliphatic rings. The number of fused-ring (bicyclic) bond motifs is 2. The van der Waals surface area contributed by atoms with Crippen molar-refractivity contribution in [3.63, 3.8) is 0 Å². The quantitative estimate of drug-likeness (QED) is 0.647. The van der Waals surface area contributed by atoms with Crippen molar-refractivity contribution < 1.29 is 14.3 Å². The molecule has 2 N–H and O–H groups in total. The van der Waals surface area contributed by atoms with Crippen LogP contribution in [0.15, 0.2) is 36.8 Å². The number of aromatic nitrogens is 3. The molecule has 1 unspecified atom stereocenters. The molecule has 1 saturated heterocycles. The van der Waals surface area contributed by atoms with Crippen LogP contribution in [0.5, 0.6) is 11.5 Å². The normalized spacial score (nSPS) is 19.3. The summed E-state index contributed by atoms with van der Waals surface area (Å²) in [4.78, 5) is 29.0. The highest BCUT2D eigenvalue weighted by atomic mass is 16.6. The second-order valence-electron chi connectivity index (χ2n) is 8.20. The number of rotatable bonds is 4. The summed E-state index contributed by atoms with van der Waals surface area (Å²) < 4.78 is 11.3. The number of carbonyl (C=O) groups is 1. The van der Waals surface area contributed by atoms with Crippen molar-refractivity contribution >= 4 is 22.6 Å². The van der Waals surface area contributed by atoms with Gasteiger partial charge in [0.1, 0.15) is 25.0 Å². The second kappa shape index (κ2) is 8.43. The smallest absolute Gasteiger partial charge is 0.315 e. The number of amides is 2. The van der Waals surface area contributed by atoms with E-state index < -0.39 is 6.03 Å². The first-order valence-corrected chi connectivity index (χ1v) is 10.8. The lowest BCUT2D eigenvalue weighted by atomic mass is 10.1. The first kappa shape index (κ1) is 20.8. The van der Waals surface area contributed by atoms with Gasteiger partial charge in [0.15, 0.2) is 11.5 Å². The van der Waals surface area contributed by atoms with E-state index in [0.29, 0.717) is 49.0 Å². The van der Waals surface area contributed by atoms with Crippen molar-refractivity contribution in [2.24, 2.45) is 5.73 Å². The van der Waals surface area contributed by atoms with Crippen molar-refractivity contribution in [3.8, 4) is 17.6 Å². The van der Waals surface area contributed by atoms with E-state index in [4.69, 9.17) is 15.2 Å². The van der Waals surface area contributed by atoms with Gasteiger partial charge in [-0.25, -0.2) is 9.78 Å². The maximum atomic E-state index is 12.0. The number of carbonyl (C=O) groups excluding carboxylic acids is 1. The fourth-order valence-corrected chi connectivity index (χ4v) is 4.54. The van der Waals surface area contributed by atoms with E-state index in [0.717, 1.165) is 23.2 Å². The highest BCUT2D eigenvalue weighted by molar-refractivity contribution is 5.92. The standard InChI is InChI=1S/C23H23N7O3/c1-14-6-17(13-29(14)23(25)31)30(12-16-8-21-22(11-28-16)33-5-4-32-21)20-2-3-26-19-10-27-15(9-24)7-18(19)20/h2-3,7-8,10-11,14,17H,4-6,12-13H2,1H3,(H2,25,31)/t14?,17-/m1/s1. The van der Waals surface area contributed by atoms with E-state index in [9.17, 15) is 10.1 Å². The number of ether oxygens (including phenoxy) is 2. The Morgan fingerprint density at radius 2 is 2.06 bits per heavy atom. The van der Waals surface area contributed by atoms with Crippen LogP contribution in [0.4, 0.5) is 10.5 Å². The number of pyridine rings is 3. The minimum absolute atomic E-state index is 0.00710. The van der Waals surface area contributed by atoms with E-state index in [2.05, 4.69) is 25.9 Å². The van der Waals surface area contributed by atoms with Crippen molar-refractivity contribution in [1.29, 1.82) is 5.26 Å². The molecule has 0 saturated carbocycles. The molecule has 10 nitrogen and oxygen atoms in total. The molecular weight excluding hydrogens is 422 g/mol. The Hall–Kier alpha value is -4.13. The Balaban J connectivity index is 1.57. The molecule has 1 fully saturated rings. The molecule has 33 heavy (non-hydrogen) atoms. The number of nitriles is 1. The molecule has 3 aromatic heterocycles. The SMILES string of the molecule is CC1C[C@@H](N(Cc2cc3c(cn2)OCCO3)c2ccnc3cnc(C#N)cc23)CN1C(N)=O. The van der Waals surface area contributed by atoms with Gasteiger partial charge in [-0.15, -0.1) is 0 Å². The number of hydrogen-bond donors (Lipinski definition) is 1. The van der Waals surface area contributed by atoms with Crippen LogP contribution in [0.1, 0.15) is 24.7 Å². The van der Waals surface area contributed by atoms with Gasteiger partial charge in [-0.3, -0.25) is 9.97 Å². The zero-order valence-electron chi connectivity index (χ0n) is 18.1. The zero-order valence-corrected chi connectivity index (χ0v) is 18.1. The third kappa shape index (κ3) is 3.93. The van der Waals surface area contributed by atoms with Crippen molar-refractivity contribution in [1.82, 2.24) is 19.9 Å². The Morgan fingerprint density at radius 1 is 1.24 bits per heavy atom. The molecule has 10 heteroatoms. The predicted octanol–water partition coefficient (Wildman–Crippen LogP) is 2.22. The molecule has 0 aliphatic carbocycles. The molecule has 3 aromatic rings. The number of nitrogens with two attached hydrogens (primary N) is 1. The van der Waals surface area contributed by atoms with E-state index in [-0.39, 0.29) is 12.1 Å². The van der Waals surface area contributed by atoms with E-state index in [1.165, 1.54) is 0 Å². The third-order valence-corrected chi connectivity index (χ3v) is 6.12. The molecule has 5 heterocycles. The fraction of sp³-hybridized carbons (Fsp3) is 0.348. The highest BCUT2D eigenvalue weighted by Gasteiger charge is 2.36. The van der Waals surface area contributed by atoms with Crippen LogP contribution >= 0.6 is 0 Å². The van der Waals surface area contributed by atoms with Crippen LogP contribution in [0.3, 0.4) is 0 Å². The van der Waals surface area contributed by atoms with Gasteiger partial charge in [0, 0.05) is 42.0 Å². The summed E-state index contributed by atoms with van der Waals surface area (Å²) in [6, 6.07) is 7.21. The minimum atomic E-state index is -0.432. The summed E-state index contributed by atoms with van der Waals surface area (Å²) in [5.41, 5.74) is 8.30. The summed E-state index contributed by atoms with van der Waals surface area (Å²) in [6.45, 7) is 3.94. The molecular formula is C23H23N7O3. The van der Waals surface area contributed by atoms with Crippen molar-refractivity contribution in [2.45, 2.75) is 32.0 Å². The van der Waals surface area contributed by atoms with Crippen LogP contribution in [-0.4, -0.2) is 57.7 Å². The van der Waals surface area contributed by atoms with Crippen LogP contribution in [0.25, 0.3) is 10.9 Å². The molecule has 0 radical (unpaired) electrons. The third-order valence-electron chi connectivity index (χ3n) is 6.12. The molecule has 0 spiro atoms. The first-order valence-electron chi connectivity index (χ1n) is 10.8. The van der Waals surface area contributed by atoms with Gasteiger partial charge >= 0.3 is 6.03 Å². The topological polar surface area (TPSA) is 130 Å². The summed E-state index contributed by atoms with van der Waals surface area (Å²) in [7, 11) is 0. The van der Waals surface area contributed by atoms with Crippen molar-refractivity contribution in [2.75, 3.05) is 24.7 Å². The lowest BCUT2D eigenvalue weighted by molar-refractivity contribution is 0.170. The maximum absolute atomic E-state index is 12.0. The number of likely N-dealkylation sites (tertiary alicyclic amines) is 1. The summed E-state index contributed by atoms with van der Waals surface area (Å²) in [5, 5.41) is 10.2. The average Bonchev–Trinajstić information content (AvgIpc) is 3.23. The van der Waals surface area contributed by atoms with Gasteiger partial charge in [-0.2, -0.15) is 5.26 Å². The lowest BCUT2D eigenvalue weighted by Gasteiger charge is -2.32. The largest absolute Gasteiger partial charge is 0.486 e. The Kier molecular flexibility index (Phi) is 5.30. The number of anilines is 1. The number of hydrogen-bond acceptors (Lipinski definition) is 8. The Morgan fingerprint density at radius 3 is 2.82 bits per heavy atom. The molecule has 2 amide bonds. The number of primary amides is 1. The molecule has 5 rings (SSSR count). The predicted molar refractivity (Wildman–Crippen MR) is 120 cm³/mol. The number of nitrogens with zero attached hydrogens (tertiary/aromatic N) is 6. The van der Waals surface area contributed by atoms with E-state index >= 15 is 0 Å². The molecule has 2 aliphatic heterocycles. The lowest BCUT2D eigenvalue weighted by Crippen LogP contribution is -2.41. The van der Waals surface area contributed by atoms with E-state index in [1.807, 2.05) is 19.1 Å². The minimum Gasteiger partial charge on any atom is -0.486 e. The average molecular weight is 445 g/mol. The van der Waals surface area contributed by atoms with Crippen LogP contribution < -0.4 is 20.1 Å². The molecule has 2 atom stereocenters. The van der Waals surface area contributed by atoms with Crippen molar-refractivity contribution in [3.05, 3.63) is 48.2 Å². The van der Waals surface area contributed by atoms with Gasteiger partial charge in [0.05, 0.1) is 30.1 Å². The zero-order chi connectivity index (χ0) is 22.9. The summed E-state index contributed by atoms with van der Waals surface area (Å²) >= 11 is 0. The first-order chi connectivity index (χ1) is 16.0. The van der Waals surface area contributed by atoms with Gasteiger partial charge < -0.3 is 25.0 Å². The number of urea groups is 1. The Labute approximate surface area is 190 Å². The summed E-state index contributed by atoms with van der Waals surface area (Å²) in [6.07, 6.45) is 5.75. The van der Waals surface area contributed by atoms with Gasteiger partial charge in [-0.05, 0) is 25.5 Å². The van der Waals surface area contributed by atoms with Crippen LogP contribution in [0, 0.1) is 11.3 Å². The van der Waals surface area contributed by atoms with Crippen LogP contribution in [-0.2, 0) is 6.54 Å². The fourth-order valence-electron chi connectivity index (χ4n) is 4.54. The van der Waals surface area contributed by atoms with E-state index in [1.54, 1.807) is 29.6 Å². The maximum Gasteiger partial charge on any atom is 0.315 e. The Bertz CT molecular complexity index is 1260. The highest BCUT2D eigenvalue weighted by Crippen LogP contribution is 2.34. The van der Waals surface area contributed by atoms with Crippen LogP contribution in [0.2, 0.25) is 0 Å². The molecule has 168 valence electrons. The van der Waals surface area contributed by atoms with Gasteiger partial charge in [-0.1, -0.05) is 0 Å². The summed E-state index contributed by atoms with van der Waals surface area (Å²) in [5.74, 6) is 1.30. The second-order valence-corrected chi connectivity index (χ2v) is 8.20.